The first-order valence-corrected chi connectivity index (χ1v) is 8.76. The van der Waals surface area contributed by atoms with Crippen molar-refractivity contribution in [3.8, 4) is 0 Å². The summed E-state index contributed by atoms with van der Waals surface area (Å²) in [5.74, 6) is 2.78. The number of rotatable bonds is 4. The molecule has 1 aliphatic rings. The first-order valence-electron chi connectivity index (χ1n) is 8.76. The SMILES string of the molecule is CCNC(=NCc1cc(C)oc1C)N1CCOC(c2cnn(C)c2)C1. The van der Waals surface area contributed by atoms with Crippen LogP contribution in [0, 0.1) is 13.8 Å². The Hall–Kier alpha value is -2.28. The van der Waals surface area contributed by atoms with E-state index in [0.29, 0.717) is 13.2 Å². The molecule has 1 atom stereocenters. The molecule has 2 aromatic rings. The lowest BCUT2D eigenvalue weighted by Gasteiger charge is -2.34. The van der Waals surface area contributed by atoms with Gasteiger partial charge in [-0.2, -0.15) is 5.10 Å². The van der Waals surface area contributed by atoms with E-state index in [9.17, 15) is 0 Å². The molecular formula is C18H27N5O2. The molecule has 136 valence electrons. The van der Waals surface area contributed by atoms with Crippen molar-refractivity contribution >= 4 is 5.96 Å². The van der Waals surface area contributed by atoms with Crippen LogP contribution in [0.15, 0.2) is 27.9 Å². The number of guanidine groups is 1. The highest BCUT2D eigenvalue weighted by Crippen LogP contribution is 2.22. The lowest BCUT2D eigenvalue weighted by molar-refractivity contribution is -0.00805. The highest BCUT2D eigenvalue weighted by Gasteiger charge is 2.25. The Morgan fingerprint density at radius 3 is 2.92 bits per heavy atom. The van der Waals surface area contributed by atoms with E-state index in [1.807, 2.05) is 33.3 Å². The molecule has 0 amide bonds. The monoisotopic (exact) mass is 345 g/mol. The summed E-state index contributed by atoms with van der Waals surface area (Å²) >= 11 is 0. The first-order chi connectivity index (χ1) is 12.1. The first kappa shape index (κ1) is 17.5. The Morgan fingerprint density at radius 1 is 1.44 bits per heavy atom. The van der Waals surface area contributed by atoms with Crippen LogP contribution >= 0.6 is 0 Å². The fraction of sp³-hybridized carbons (Fsp3) is 0.556. The zero-order valence-corrected chi connectivity index (χ0v) is 15.5. The van der Waals surface area contributed by atoms with Gasteiger partial charge in [-0.25, -0.2) is 4.99 Å². The van der Waals surface area contributed by atoms with Crippen molar-refractivity contribution in [3.05, 3.63) is 41.1 Å². The summed E-state index contributed by atoms with van der Waals surface area (Å²) in [4.78, 5) is 7.07. The number of morpholine rings is 1. The van der Waals surface area contributed by atoms with Crippen LogP contribution in [-0.2, 0) is 18.3 Å². The van der Waals surface area contributed by atoms with Gasteiger partial charge in [0.2, 0.25) is 0 Å². The molecule has 25 heavy (non-hydrogen) atoms. The molecule has 0 aromatic carbocycles. The zero-order valence-electron chi connectivity index (χ0n) is 15.5. The summed E-state index contributed by atoms with van der Waals surface area (Å²) in [6.07, 6.45) is 3.90. The molecule has 1 fully saturated rings. The number of aliphatic imine (C=N–C) groups is 1. The third-order valence-electron chi connectivity index (χ3n) is 4.34. The van der Waals surface area contributed by atoms with Gasteiger partial charge in [0.25, 0.3) is 0 Å². The van der Waals surface area contributed by atoms with Crippen molar-refractivity contribution in [3.63, 3.8) is 0 Å². The molecule has 0 saturated carbocycles. The number of nitrogens with one attached hydrogen (secondary N) is 1. The maximum Gasteiger partial charge on any atom is 0.194 e. The van der Waals surface area contributed by atoms with E-state index in [1.54, 1.807) is 4.68 Å². The lowest BCUT2D eigenvalue weighted by atomic mass is 10.1. The quantitative estimate of drug-likeness (QED) is 0.679. The Labute approximate surface area is 148 Å². The maximum absolute atomic E-state index is 5.93. The predicted molar refractivity (Wildman–Crippen MR) is 96.5 cm³/mol. The van der Waals surface area contributed by atoms with Crippen molar-refractivity contribution < 1.29 is 9.15 Å². The van der Waals surface area contributed by atoms with Crippen molar-refractivity contribution in [2.24, 2.45) is 12.0 Å². The second-order valence-electron chi connectivity index (χ2n) is 6.36. The minimum atomic E-state index is 0.0178. The van der Waals surface area contributed by atoms with Gasteiger partial charge in [-0.05, 0) is 26.8 Å². The second kappa shape index (κ2) is 7.74. The average molecular weight is 345 g/mol. The molecule has 7 nitrogen and oxygen atoms in total. The molecule has 1 aliphatic heterocycles. The summed E-state index contributed by atoms with van der Waals surface area (Å²) in [6.45, 7) is 9.74. The maximum atomic E-state index is 5.93. The smallest absolute Gasteiger partial charge is 0.194 e. The fourth-order valence-corrected chi connectivity index (χ4v) is 3.08. The van der Waals surface area contributed by atoms with Gasteiger partial charge in [-0.15, -0.1) is 0 Å². The van der Waals surface area contributed by atoms with Gasteiger partial charge in [0.05, 0.1) is 25.9 Å². The number of hydrogen-bond donors (Lipinski definition) is 1. The van der Waals surface area contributed by atoms with Crippen LogP contribution < -0.4 is 5.32 Å². The number of aryl methyl sites for hydroxylation is 3. The van der Waals surface area contributed by atoms with Crippen LogP contribution in [0.1, 0.15) is 35.7 Å². The highest BCUT2D eigenvalue weighted by molar-refractivity contribution is 5.80. The number of nitrogens with zero attached hydrogens (tertiary/aromatic N) is 4. The summed E-state index contributed by atoms with van der Waals surface area (Å²) < 4.78 is 13.3. The second-order valence-corrected chi connectivity index (χ2v) is 6.36. The Kier molecular flexibility index (Phi) is 5.43. The molecule has 1 saturated heterocycles. The summed E-state index contributed by atoms with van der Waals surface area (Å²) in [5, 5.41) is 7.64. The lowest BCUT2D eigenvalue weighted by Crippen LogP contribution is -2.48. The molecular weight excluding hydrogens is 318 g/mol. The Balaban J connectivity index is 1.72. The molecule has 3 heterocycles. The van der Waals surface area contributed by atoms with E-state index in [4.69, 9.17) is 14.1 Å². The van der Waals surface area contributed by atoms with Crippen LogP contribution in [0.3, 0.4) is 0 Å². The van der Waals surface area contributed by atoms with E-state index in [-0.39, 0.29) is 6.10 Å². The van der Waals surface area contributed by atoms with Crippen molar-refractivity contribution in [2.75, 3.05) is 26.2 Å². The van der Waals surface area contributed by atoms with Crippen molar-refractivity contribution in [2.45, 2.75) is 33.4 Å². The van der Waals surface area contributed by atoms with E-state index < -0.39 is 0 Å². The summed E-state index contributed by atoms with van der Waals surface area (Å²) in [6, 6.07) is 2.06. The predicted octanol–water partition coefficient (Wildman–Crippen LogP) is 2.17. The van der Waals surface area contributed by atoms with Crippen LogP contribution in [0.5, 0.6) is 0 Å². The van der Waals surface area contributed by atoms with E-state index in [2.05, 4.69) is 28.3 Å². The van der Waals surface area contributed by atoms with Crippen LogP contribution in [0.25, 0.3) is 0 Å². The van der Waals surface area contributed by atoms with Crippen molar-refractivity contribution in [1.29, 1.82) is 0 Å². The van der Waals surface area contributed by atoms with Gasteiger partial charge >= 0.3 is 0 Å². The largest absolute Gasteiger partial charge is 0.466 e. The number of ether oxygens (including phenoxy) is 1. The standard InChI is InChI=1S/C18H27N5O2/c1-5-19-18(20-9-15-8-13(2)25-14(15)3)23-6-7-24-17(12-23)16-10-21-22(4)11-16/h8,10-11,17H,5-7,9,12H2,1-4H3,(H,19,20). The minimum absolute atomic E-state index is 0.0178. The van der Waals surface area contributed by atoms with E-state index >= 15 is 0 Å². The van der Waals surface area contributed by atoms with Crippen LogP contribution in [0.4, 0.5) is 0 Å². The molecule has 0 bridgehead atoms. The van der Waals surface area contributed by atoms with Crippen LogP contribution in [-0.4, -0.2) is 46.9 Å². The molecule has 0 radical (unpaired) electrons. The fourth-order valence-electron chi connectivity index (χ4n) is 3.08. The number of hydrogen-bond acceptors (Lipinski definition) is 4. The third-order valence-corrected chi connectivity index (χ3v) is 4.34. The van der Waals surface area contributed by atoms with E-state index in [1.165, 1.54) is 0 Å². The molecule has 0 spiro atoms. The molecule has 3 rings (SSSR count). The molecule has 0 aliphatic carbocycles. The minimum Gasteiger partial charge on any atom is -0.466 e. The van der Waals surface area contributed by atoms with Gasteiger partial charge < -0.3 is 19.4 Å². The third kappa shape index (κ3) is 4.22. The van der Waals surface area contributed by atoms with E-state index in [0.717, 1.165) is 48.2 Å². The Morgan fingerprint density at radius 2 is 2.28 bits per heavy atom. The van der Waals surface area contributed by atoms with Gasteiger partial charge in [0, 0.05) is 37.5 Å². The summed E-state index contributed by atoms with van der Waals surface area (Å²) in [7, 11) is 1.92. The topological polar surface area (TPSA) is 67.8 Å². The molecule has 2 aromatic heterocycles. The average Bonchev–Trinajstić information content (AvgIpc) is 3.17. The van der Waals surface area contributed by atoms with Gasteiger partial charge in [0.15, 0.2) is 5.96 Å². The van der Waals surface area contributed by atoms with Gasteiger partial charge in [-0.3, -0.25) is 4.68 Å². The summed E-state index contributed by atoms with van der Waals surface area (Å²) in [5.41, 5.74) is 2.23. The molecule has 1 N–H and O–H groups in total. The highest BCUT2D eigenvalue weighted by atomic mass is 16.5. The zero-order chi connectivity index (χ0) is 17.8. The van der Waals surface area contributed by atoms with Gasteiger partial charge in [-0.1, -0.05) is 0 Å². The van der Waals surface area contributed by atoms with Gasteiger partial charge in [0.1, 0.15) is 17.6 Å². The number of furan rings is 1. The van der Waals surface area contributed by atoms with Crippen LogP contribution in [0.2, 0.25) is 0 Å². The Bertz CT molecular complexity index is 734. The molecule has 1 unspecified atom stereocenters. The van der Waals surface area contributed by atoms with Crippen molar-refractivity contribution in [1.82, 2.24) is 20.0 Å². The number of aromatic nitrogens is 2. The normalized spacial score (nSPS) is 18.6. The molecule has 7 heteroatoms.